The first-order valence-corrected chi connectivity index (χ1v) is 14.6. The minimum Gasteiger partial charge on any atom is -0.398 e. The van der Waals surface area contributed by atoms with Gasteiger partial charge in [-0.05, 0) is 47.1 Å². The molecular formula is C28H41N3O4S. The summed E-state index contributed by atoms with van der Waals surface area (Å²) < 4.78 is 25.5. The molecule has 3 rings (SSSR count). The van der Waals surface area contributed by atoms with Gasteiger partial charge in [-0.2, -0.15) is 0 Å². The number of carbonyl (C=O) groups excluding carboxylic acids is 1. The van der Waals surface area contributed by atoms with Gasteiger partial charge in [0.2, 0.25) is 0 Å². The minimum atomic E-state index is -3.35. The maximum Gasteiger partial charge on any atom is 0.253 e. The molecule has 36 heavy (non-hydrogen) atoms. The van der Waals surface area contributed by atoms with Crippen molar-refractivity contribution >= 4 is 21.4 Å². The van der Waals surface area contributed by atoms with Gasteiger partial charge in [0, 0.05) is 30.7 Å². The molecule has 1 amide bonds. The van der Waals surface area contributed by atoms with E-state index in [1.807, 2.05) is 12.1 Å². The monoisotopic (exact) mass is 515 g/mol. The third-order valence-electron chi connectivity index (χ3n) is 6.83. The van der Waals surface area contributed by atoms with E-state index < -0.39 is 27.9 Å². The molecule has 1 heterocycles. The molecule has 1 saturated heterocycles. The van der Waals surface area contributed by atoms with E-state index in [1.165, 1.54) is 5.56 Å². The number of aliphatic hydroxyl groups is 1. The number of anilines is 1. The second-order valence-electron chi connectivity index (χ2n) is 11.0. The number of carbonyl (C=O) groups is 1. The fourth-order valence-corrected chi connectivity index (χ4v) is 6.62. The summed E-state index contributed by atoms with van der Waals surface area (Å²) >= 11 is 0. The Bertz CT molecular complexity index is 1160. The molecule has 1 aliphatic heterocycles. The number of nitrogens with two attached hydrogens (primary N) is 1. The highest BCUT2D eigenvalue weighted by Crippen LogP contribution is 2.26. The highest BCUT2D eigenvalue weighted by molar-refractivity contribution is 7.91. The number of hydrogen-bond donors (Lipinski definition) is 4. The molecule has 0 unspecified atom stereocenters. The van der Waals surface area contributed by atoms with Crippen LogP contribution in [0.5, 0.6) is 0 Å². The molecule has 0 bridgehead atoms. The fourth-order valence-electron chi connectivity index (χ4n) is 4.65. The molecule has 198 valence electrons. The standard InChI is InChI=1S/C28H41N3O4S/c1-5-6-12-30-27(33)23-15-19(10-11-24(23)29)13-21-17-36(34,35)18-25(26(21)32)31-16-20-8-7-9-22(14-20)28(2,3)4/h7-11,14-15,21,25-26,31-32H,5-6,12-13,16-18,29H2,1-4H3,(H,30,33)/t21-,25+,26+/m1/s1. The van der Waals surface area contributed by atoms with Gasteiger partial charge in [-0.15, -0.1) is 0 Å². The second kappa shape index (κ2) is 11.8. The summed E-state index contributed by atoms with van der Waals surface area (Å²) in [5.41, 5.74) is 9.84. The maximum atomic E-state index is 12.7. The van der Waals surface area contributed by atoms with Crippen molar-refractivity contribution < 1.29 is 18.3 Å². The van der Waals surface area contributed by atoms with Crippen molar-refractivity contribution in [2.75, 3.05) is 23.8 Å². The van der Waals surface area contributed by atoms with Crippen LogP contribution in [0.15, 0.2) is 42.5 Å². The Morgan fingerprint density at radius 2 is 1.86 bits per heavy atom. The zero-order chi connectivity index (χ0) is 26.5. The summed E-state index contributed by atoms with van der Waals surface area (Å²) in [4.78, 5) is 12.6. The summed E-state index contributed by atoms with van der Waals surface area (Å²) in [7, 11) is -3.35. The van der Waals surface area contributed by atoms with Crippen molar-refractivity contribution in [2.45, 2.75) is 71.1 Å². The third kappa shape index (κ3) is 7.54. The Balaban J connectivity index is 1.72. The van der Waals surface area contributed by atoms with Crippen molar-refractivity contribution in [1.29, 1.82) is 0 Å². The van der Waals surface area contributed by atoms with Crippen molar-refractivity contribution in [2.24, 2.45) is 5.92 Å². The van der Waals surface area contributed by atoms with Crippen LogP contribution in [0.3, 0.4) is 0 Å². The Hall–Kier alpha value is -2.42. The number of hydrogen-bond acceptors (Lipinski definition) is 6. The van der Waals surface area contributed by atoms with E-state index >= 15 is 0 Å². The van der Waals surface area contributed by atoms with Crippen molar-refractivity contribution in [3.63, 3.8) is 0 Å². The normalized spacial score (nSPS) is 21.8. The molecule has 7 nitrogen and oxygen atoms in total. The van der Waals surface area contributed by atoms with Crippen LogP contribution in [-0.2, 0) is 28.2 Å². The van der Waals surface area contributed by atoms with Crippen LogP contribution < -0.4 is 16.4 Å². The Labute approximate surface area is 215 Å². The van der Waals surface area contributed by atoms with E-state index in [9.17, 15) is 18.3 Å². The highest BCUT2D eigenvalue weighted by Gasteiger charge is 2.39. The van der Waals surface area contributed by atoms with E-state index in [0.717, 1.165) is 24.0 Å². The first-order valence-electron chi connectivity index (χ1n) is 12.8. The molecule has 1 aliphatic rings. The van der Waals surface area contributed by atoms with Gasteiger partial charge in [0.15, 0.2) is 9.84 Å². The van der Waals surface area contributed by atoms with Gasteiger partial charge in [-0.25, -0.2) is 8.42 Å². The average Bonchev–Trinajstić information content (AvgIpc) is 2.81. The van der Waals surface area contributed by atoms with E-state index in [1.54, 1.807) is 18.2 Å². The Kier molecular flexibility index (Phi) is 9.19. The van der Waals surface area contributed by atoms with Crippen LogP contribution in [0.25, 0.3) is 0 Å². The molecule has 1 fully saturated rings. The molecule has 0 spiro atoms. The minimum absolute atomic E-state index is 0.0135. The van der Waals surface area contributed by atoms with Gasteiger partial charge < -0.3 is 21.5 Å². The van der Waals surface area contributed by atoms with Gasteiger partial charge in [0.25, 0.3) is 5.91 Å². The predicted octanol–water partition coefficient (Wildman–Crippen LogP) is 3.20. The lowest BCUT2D eigenvalue weighted by Crippen LogP contribution is -2.54. The largest absolute Gasteiger partial charge is 0.398 e. The smallest absolute Gasteiger partial charge is 0.253 e. The van der Waals surface area contributed by atoms with Crippen molar-refractivity contribution in [3.8, 4) is 0 Å². The third-order valence-corrected chi connectivity index (χ3v) is 8.64. The van der Waals surface area contributed by atoms with E-state index in [4.69, 9.17) is 5.73 Å². The summed E-state index contributed by atoms with van der Waals surface area (Å²) in [6, 6.07) is 12.8. The lowest BCUT2D eigenvalue weighted by Gasteiger charge is -2.35. The van der Waals surface area contributed by atoms with Crippen LogP contribution >= 0.6 is 0 Å². The van der Waals surface area contributed by atoms with Crippen molar-refractivity contribution in [3.05, 3.63) is 64.7 Å². The number of nitrogen functional groups attached to an aromatic ring is 1. The lowest BCUT2D eigenvalue weighted by atomic mass is 9.86. The van der Waals surface area contributed by atoms with E-state index in [2.05, 4.69) is 50.5 Å². The zero-order valence-electron chi connectivity index (χ0n) is 21.9. The summed E-state index contributed by atoms with van der Waals surface area (Å²) in [6.07, 6.45) is 1.36. The molecule has 8 heteroatoms. The molecule has 2 aromatic rings. The summed E-state index contributed by atoms with van der Waals surface area (Å²) in [5.74, 6) is -0.913. The summed E-state index contributed by atoms with van der Waals surface area (Å²) in [6.45, 7) is 9.55. The molecular weight excluding hydrogens is 474 g/mol. The van der Waals surface area contributed by atoms with Crippen LogP contribution in [0, 0.1) is 5.92 Å². The topological polar surface area (TPSA) is 122 Å². The highest BCUT2D eigenvalue weighted by atomic mass is 32.2. The number of unbranched alkanes of at least 4 members (excludes halogenated alkanes) is 1. The van der Waals surface area contributed by atoms with Gasteiger partial charge in [0.1, 0.15) is 0 Å². The molecule has 3 atom stereocenters. The quantitative estimate of drug-likeness (QED) is 0.301. The average molecular weight is 516 g/mol. The number of sulfone groups is 1. The van der Waals surface area contributed by atoms with Gasteiger partial charge >= 0.3 is 0 Å². The fraction of sp³-hybridized carbons (Fsp3) is 0.536. The summed E-state index contributed by atoms with van der Waals surface area (Å²) in [5, 5.41) is 17.3. The van der Waals surface area contributed by atoms with Crippen molar-refractivity contribution in [1.82, 2.24) is 10.6 Å². The molecule has 5 N–H and O–H groups in total. The molecule has 0 aliphatic carbocycles. The van der Waals surface area contributed by atoms with Crippen LogP contribution in [0.2, 0.25) is 0 Å². The lowest BCUT2D eigenvalue weighted by molar-refractivity contribution is 0.0781. The molecule has 0 saturated carbocycles. The van der Waals surface area contributed by atoms with Crippen LogP contribution in [0.4, 0.5) is 5.69 Å². The molecule has 0 radical (unpaired) electrons. The van der Waals surface area contributed by atoms with E-state index in [0.29, 0.717) is 30.8 Å². The number of aliphatic hydroxyl groups excluding tert-OH is 1. The van der Waals surface area contributed by atoms with E-state index in [-0.39, 0.29) is 22.8 Å². The number of amides is 1. The van der Waals surface area contributed by atoms with Gasteiger partial charge in [-0.3, -0.25) is 4.79 Å². The van der Waals surface area contributed by atoms with Gasteiger partial charge in [-0.1, -0.05) is 64.4 Å². The zero-order valence-corrected chi connectivity index (χ0v) is 22.7. The Morgan fingerprint density at radius 3 is 2.56 bits per heavy atom. The maximum absolute atomic E-state index is 12.7. The number of rotatable bonds is 9. The molecule has 2 aromatic carbocycles. The van der Waals surface area contributed by atoms with Gasteiger partial charge in [0.05, 0.1) is 23.2 Å². The molecule has 0 aromatic heterocycles. The predicted molar refractivity (Wildman–Crippen MR) is 146 cm³/mol. The SMILES string of the molecule is CCCCNC(=O)c1cc(C[C@@H]2CS(=O)(=O)C[C@H](NCc3cccc(C(C)(C)C)c3)[C@H]2O)ccc1N. The Morgan fingerprint density at radius 1 is 1.11 bits per heavy atom. The number of benzene rings is 2. The second-order valence-corrected chi connectivity index (χ2v) is 13.2. The van der Waals surface area contributed by atoms with Crippen LogP contribution in [-0.4, -0.2) is 49.6 Å². The first kappa shape index (κ1) is 28.2. The van der Waals surface area contributed by atoms with Crippen LogP contribution in [0.1, 0.15) is 67.6 Å². The first-order chi connectivity index (χ1) is 16.9. The number of nitrogens with one attached hydrogen (secondary N) is 2.